The molecule has 0 aromatic heterocycles. The Morgan fingerprint density at radius 2 is 1.72 bits per heavy atom. The fourth-order valence-electron chi connectivity index (χ4n) is 5.17. The van der Waals surface area contributed by atoms with Crippen molar-refractivity contribution in [2.45, 2.75) is 18.5 Å². The van der Waals surface area contributed by atoms with Gasteiger partial charge in [-0.3, -0.25) is 0 Å². The summed E-state index contributed by atoms with van der Waals surface area (Å²) in [6.45, 7) is 0. The molecule has 4 fully saturated rings. The van der Waals surface area contributed by atoms with Crippen molar-refractivity contribution < 1.29 is 18.2 Å². The number of halogens is 1. The normalized spacial score (nSPS) is 30.2. The Labute approximate surface area is 212 Å². The molecular formula is C28H30ClNPPd. The zero-order chi connectivity index (χ0) is 22.5. The molecule has 0 amide bonds. The van der Waals surface area contributed by atoms with Gasteiger partial charge in [-0.25, -0.2) is 0 Å². The molecule has 6 atom stereocenters. The summed E-state index contributed by atoms with van der Waals surface area (Å²) in [6, 6.07) is 19.7. The molecule has 32 heavy (non-hydrogen) atoms. The predicted molar refractivity (Wildman–Crippen MR) is 135 cm³/mol. The van der Waals surface area contributed by atoms with E-state index in [1.807, 2.05) is 18.2 Å². The standard InChI is InChI=1S/C14H14N.C14H16P.ClH.Pd/c1-15(2)14-11-7-6-10-13(14)12-8-4-3-5-9-12;1-3-11-5-9(1)7-13(11)15-14-8-10-2-4-12(14)6-10;;/h3-8,10-11H,1-2H3;1-4,7-13,15H,5-6H2;1H;/q-1;;;+2/p-1/t;9-,10+,11+,12-,13?;;/m.1../s1. The van der Waals surface area contributed by atoms with Crippen molar-refractivity contribution >= 4 is 23.8 Å². The average molecular weight is 553 g/mol. The number of anilines is 1. The molecule has 2 unspecified atom stereocenters. The van der Waals surface area contributed by atoms with Gasteiger partial charge in [-0.2, -0.15) is 0 Å². The number of nitrogens with zero attached hydrogens (tertiary/aromatic N) is 1. The van der Waals surface area contributed by atoms with Crippen LogP contribution in [0.15, 0.2) is 48.5 Å². The molecule has 4 bridgehead atoms. The van der Waals surface area contributed by atoms with E-state index in [0.717, 1.165) is 43.5 Å². The first-order valence-corrected chi connectivity index (χ1v) is 14.3. The first kappa shape index (κ1) is 24.7. The first-order valence-electron chi connectivity index (χ1n) is 11.2. The zero-order valence-electron chi connectivity index (χ0n) is 18.5. The van der Waals surface area contributed by atoms with Crippen molar-refractivity contribution in [1.82, 2.24) is 0 Å². The van der Waals surface area contributed by atoms with Crippen molar-refractivity contribution in [3.8, 4) is 11.1 Å². The van der Waals surface area contributed by atoms with E-state index in [9.17, 15) is 0 Å². The number of hydrogen-bond acceptors (Lipinski definition) is 1. The molecular weight excluding hydrogens is 523 g/mol. The van der Waals surface area contributed by atoms with Crippen LogP contribution >= 0.6 is 18.1 Å². The maximum absolute atomic E-state index is 4.49. The molecule has 4 saturated carbocycles. The van der Waals surface area contributed by atoms with Crippen molar-refractivity contribution in [3.05, 3.63) is 98.8 Å². The third-order valence-electron chi connectivity index (χ3n) is 6.69. The Hall–Kier alpha value is -0.378. The number of fused-ring (bicyclic) bond motifs is 4. The van der Waals surface area contributed by atoms with Gasteiger partial charge in [0.1, 0.15) is 0 Å². The Bertz CT molecular complexity index is 818. The van der Waals surface area contributed by atoms with Gasteiger partial charge >= 0.3 is 27.7 Å². The van der Waals surface area contributed by atoms with Crippen molar-refractivity contribution in [2.24, 2.45) is 23.7 Å². The van der Waals surface area contributed by atoms with Crippen LogP contribution in [-0.2, 0) is 18.2 Å². The SMILES string of the molecule is CN(C)c1ccccc1-c1[c-]cccc1.[CH]1[CH][C@@H]2C[C@H]1[CH][C]2PC1[CH][C@@H]2[CH][CH][C@H]1C2.[Cl][Pd+]. The Kier molecular flexibility index (Phi) is 9.16. The molecule has 4 heteroatoms. The molecule has 0 aliphatic heterocycles. The minimum absolute atomic E-state index is 0.798. The average Bonchev–Trinajstić information content (AvgIpc) is 3.64. The minimum atomic E-state index is 0.798. The van der Waals surface area contributed by atoms with Crippen LogP contribution in [0.1, 0.15) is 12.8 Å². The van der Waals surface area contributed by atoms with Gasteiger partial charge in [0.25, 0.3) is 0 Å². The van der Waals surface area contributed by atoms with Crippen LogP contribution in [0.2, 0.25) is 0 Å². The summed E-state index contributed by atoms with van der Waals surface area (Å²) in [5.74, 6) is 3.33. The quantitative estimate of drug-likeness (QED) is 0.224. The van der Waals surface area contributed by atoms with Crippen molar-refractivity contribution in [1.29, 1.82) is 0 Å². The van der Waals surface area contributed by atoms with E-state index in [-0.39, 0.29) is 0 Å². The number of hydrogen-bond donors (Lipinski definition) is 0. The molecule has 0 saturated heterocycles. The second-order valence-electron chi connectivity index (χ2n) is 9.01. The molecule has 1 nitrogen and oxygen atoms in total. The third kappa shape index (κ3) is 5.81. The van der Waals surface area contributed by atoms with E-state index in [2.05, 4.69) is 122 Å². The van der Waals surface area contributed by atoms with Crippen LogP contribution in [-0.4, -0.2) is 19.8 Å². The van der Waals surface area contributed by atoms with Gasteiger partial charge in [0.15, 0.2) is 0 Å². The van der Waals surface area contributed by atoms with Crippen molar-refractivity contribution in [2.75, 3.05) is 19.0 Å². The van der Waals surface area contributed by atoms with Crippen LogP contribution in [0.25, 0.3) is 11.1 Å². The second-order valence-corrected chi connectivity index (χ2v) is 10.5. The first-order chi connectivity index (χ1) is 15.7. The summed E-state index contributed by atoms with van der Waals surface area (Å²) < 4.78 is 0. The van der Waals surface area contributed by atoms with E-state index in [1.54, 1.807) is 5.66 Å². The van der Waals surface area contributed by atoms with E-state index in [0.29, 0.717) is 0 Å². The number of rotatable bonds is 4. The van der Waals surface area contributed by atoms with E-state index in [4.69, 9.17) is 0 Å². The fourth-order valence-corrected chi connectivity index (χ4v) is 7.09. The second kappa shape index (κ2) is 11.8. The van der Waals surface area contributed by atoms with Crippen LogP contribution < -0.4 is 4.90 Å². The maximum atomic E-state index is 4.49. The summed E-state index contributed by atoms with van der Waals surface area (Å²) >= 11 is 2.22. The summed E-state index contributed by atoms with van der Waals surface area (Å²) in [4.78, 5) is 2.12. The van der Waals surface area contributed by atoms with Crippen LogP contribution in [0, 0.1) is 73.9 Å². The summed E-state index contributed by atoms with van der Waals surface area (Å²) in [5, 5.41) is 0. The zero-order valence-corrected chi connectivity index (χ0v) is 21.8. The van der Waals surface area contributed by atoms with Gasteiger partial charge in [0, 0.05) is 25.4 Å². The van der Waals surface area contributed by atoms with Gasteiger partial charge in [0.2, 0.25) is 0 Å². The molecule has 2 aromatic rings. The van der Waals surface area contributed by atoms with Crippen LogP contribution in [0.5, 0.6) is 0 Å². The predicted octanol–water partition coefficient (Wildman–Crippen LogP) is 7.00. The molecule has 7 radical (unpaired) electrons. The summed E-state index contributed by atoms with van der Waals surface area (Å²) in [7, 11) is 9.68. The molecule has 0 N–H and O–H groups in total. The summed E-state index contributed by atoms with van der Waals surface area (Å²) in [5.41, 5.74) is 6.24. The number of benzene rings is 2. The molecule has 6 rings (SSSR count). The van der Waals surface area contributed by atoms with Crippen LogP contribution in [0.3, 0.4) is 0 Å². The van der Waals surface area contributed by atoms with E-state index >= 15 is 0 Å². The topological polar surface area (TPSA) is 3.24 Å². The van der Waals surface area contributed by atoms with Crippen LogP contribution in [0.4, 0.5) is 5.69 Å². The molecule has 2 aromatic carbocycles. The molecule has 0 heterocycles. The molecule has 169 valence electrons. The Morgan fingerprint density at radius 1 is 0.938 bits per heavy atom. The van der Waals surface area contributed by atoms with Gasteiger partial charge in [-0.15, -0.1) is 44.5 Å². The molecule has 4 aliphatic rings. The Morgan fingerprint density at radius 3 is 2.31 bits per heavy atom. The fraction of sp³-hybridized carbons (Fsp3) is 0.321. The monoisotopic (exact) mass is 552 g/mol. The van der Waals surface area contributed by atoms with Gasteiger partial charge in [0.05, 0.1) is 0 Å². The van der Waals surface area contributed by atoms with Gasteiger partial charge in [-0.05, 0) is 86.8 Å². The van der Waals surface area contributed by atoms with E-state index < -0.39 is 0 Å². The van der Waals surface area contributed by atoms with E-state index in [1.165, 1.54) is 24.1 Å². The molecule has 0 spiro atoms. The van der Waals surface area contributed by atoms with Crippen molar-refractivity contribution in [3.63, 3.8) is 0 Å². The molecule has 4 aliphatic carbocycles. The third-order valence-corrected chi connectivity index (χ3v) is 8.52. The van der Waals surface area contributed by atoms with Gasteiger partial charge in [-0.1, -0.05) is 23.8 Å². The van der Waals surface area contributed by atoms with Gasteiger partial charge < -0.3 is 4.90 Å². The Balaban J connectivity index is 0.000000142. The summed E-state index contributed by atoms with van der Waals surface area (Å²) in [6.07, 6.45) is 17.7. The number of para-hydroxylation sites is 1.